The van der Waals surface area contributed by atoms with Crippen LogP contribution >= 0.6 is 0 Å². The van der Waals surface area contributed by atoms with Gasteiger partial charge in [-0.3, -0.25) is 9.59 Å². The smallest absolute Gasteiger partial charge is 0.260 e. The van der Waals surface area contributed by atoms with Gasteiger partial charge in [0, 0.05) is 18.7 Å². The highest BCUT2D eigenvalue weighted by Crippen LogP contribution is 2.12. The van der Waals surface area contributed by atoms with Gasteiger partial charge in [-0.15, -0.1) is 0 Å². The molecule has 2 aromatic rings. The highest BCUT2D eigenvalue weighted by molar-refractivity contribution is 5.78. The van der Waals surface area contributed by atoms with E-state index in [1.807, 2.05) is 6.92 Å². The molecule has 5 heteroatoms. The van der Waals surface area contributed by atoms with Gasteiger partial charge in [0.2, 0.25) is 0 Å². The van der Waals surface area contributed by atoms with E-state index >= 15 is 0 Å². The molecule has 0 aliphatic rings. The number of hydrogen-bond donors (Lipinski definition) is 0. The van der Waals surface area contributed by atoms with Crippen LogP contribution in [-0.4, -0.2) is 30.2 Å². The highest BCUT2D eigenvalue weighted by Gasteiger charge is 2.13. The predicted molar refractivity (Wildman–Crippen MR) is 84.8 cm³/mol. The third kappa shape index (κ3) is 4.92. The summed E-state index contributed by atoms with van der Waals surface area (Å²) in [6.07, 6.45) is 0.743. The molecule has 0 bridgehead atoms. The van der Waals surface area contributed by atoms with Crippen molar-refractivity contribution in [3.05, 3.63) is 65.5 Å². The predicted octanol–water partition coefficient (Wildman–Crippen LogP) is 3.07. The fourth-order valence-corrected chi connectivity index (χ4v) is 2.11. The van der Waals surface area contributed by atoms with E-state index in [0.717, 1.165) is 11.8 Å². The zero-order valence-corrected chi connectivity index (χ0v) is 12.9. The van der Waals surface area contributed by atoms with Crippen molar-refractivity contribution in [1.29, 1.82) is 0 Å². The van der Waals surface area contributed by atoms with E-state index in [-0.39, 0.29) is 18.3 Å². The fourth-order valence-electron chi connectivity index (χ4n) is 2.11. The molecule has 0 saturated heterocycles. The molecule has 0 unspecified atom stereocenters. The maximum Gasteiger partial charge on any atom is 0.260 e. The Hall–Kier alpha value is -2.69. The molecule has 0 aliphatic heterocycles. The first-order valence-electron chi connectivity index (χ1n) is 7.32. The Balaban J connectivity index is 1.92. The van der Waals surface area contributed by atoms with E-state index in [0.29, 0.717) is 24.4 Å². The molecule has 0 radical (unpaired) electrons. The zero-order valence-electron chi connectivity index (χ0n) is 12.9. The molecule has 0 saturated carbocycles. The van der Waals surface area contributed by atoms with E-state index in [4.69, 9.17) is 4.74 Å². The monoisotopic (exact) mass is 315 g/mol. The summed E-state index contributed by atoms with van der Waals surface area (Å²) in [7, 11) is 0. The molecule has 0 heterocycles. The van der Waals surface area contributed by atoms with Crippen molar-refractivity contribution in [1.82, 2.24) is 4.90 Å². The first kappa shape index (κ1) is 16.7. The number of halogens is 1. The number of ether oxygens (including phenoxy) is 1. The molecule has 0 fully saturated rings. The lowest BCUT2D eigenvalue weighted by Crippen LogP contribution is -2.34. The molecule has 23 heavy (non-hydrogen) atoms. The standard InChI is InChI=1S/C18H18FNO3/c1-2-20(11-15-4-3-5-16(19)10-15)18(22)13-23-17-8-6-14(12-21)7-9-17/h3-10,12H,2,11,13H2,1H3. The summed E-state index contributed by atoms with van der Waals surface area (Å²) in [6.45, 7) is 2.59. The molecule has 0 aromatic heterocycles. The largest absolute Gasteiger partial charge is 0.484 e. The van der Waals surface area contributed by atoms with Crippen LogP contribution in [-0.2, 0) is 11.3 Å². The van der Waals surface area contributed by atoms with Crippen LogP contribution in [0.5, 0.6) is 5.75 Å². The first-order valence-corrected chi connectivity index (χ1v) is 7.32. The fraction of sp³-hybridized carbons (Fsp3) is 0.222. The third-order valence-electron chi connectivity index (χ3n) is 3.38. The summed E-state index contributed by atoms with van der Waals surface area (Å²) in [4.78, 5) is 24.4. The van der Waals surface area contributed by atoms with Crippen LogP contribution in [0.1, 0.15) is 22.8 Å². The Morgan fingerprint density at radius 2 is 1.96 bits per heavy atom. The van der Waals surface area contributed by atoms with E-state index < -0.39 is 0 Å². The maximum absolute atomic E-state index is 13.2. The molecule has 0 aliphatic carbocycles. The van der Waals surface area contributed by atoms with Gasteiger partial charge in [-0.1, -0.05) is 12.1 Å². The number of aldehydes is 1. The first-order chi connectivity index (χ1) is 11.1. The van der Waals surface area contributed by atoms with Crippen LogP contribution in [0.15, 0.2) is 48.5 Å². The van der Waals surface area contributed by atoms with E-state index in [1.165, 1.54) is 12.1 Å². The van der Waals surface area contributed by atoms with Crippen molar-refractivity contribution in [2.75, 3.05) is 13.2 Å². The van der Waals surface area contributed by atoms with Crippen LogP contribution in [0.2, 0.25) is 0 Å². The van der Waals surface area contributed by atoms with Gasteiger partial charge >= 0.3 is 0 Å². The molecule has 4 nitrogen and oxygen atoms in total. The van der Waals surface area contributed by atoms with Crippen molar-refractivity contribution in [2.24, 2.45) is 0 Å². The SMILES string of the molecule is CCN(Cc1cccc(F)c1)C(=O)COc1ccc(C=O)cc1. The molecule has 2 rings (SSSR count). The Bertz CT molecular complexity index is 670. The van der Waals surface area contributed by atoms with Crippen LogP contribution in [0, 0.1) is 5.82 Å². The quantitative estimate of drug-likeness (QED) is 0.738. The number of carbonyl (C=O) groups excluding carboxylic acids is 2. The number of rotatable bonds is 7. The van der Waals surface area contributed by atoms with Crippen LogP contribution in [0.3, 0.4) is 0 Å². The molecule has 0 atom stereocenters. The number of nitrogens with zero attached hydrogens (tertiary/aromatic N) is 1. The van der Waals surface area contributed by atoms with Gasteiger partial charge in [0.15, 0.2) is 6.61 Å². The Morgan fingerprint density at radius 3 is 2.57 bits per heavy atom. The number of carbonyl (C=O) groups is 2. The maximum atomic E-state index is 13.2. The second kappa shape index (κ2) is 8.08. The summed E-state index contributed by atoms with van der Waals surface area (Å²) in [5.41, 5.74) is 1.28. The number of likely N-dealkylation sites (N-methyl/N-ethyl adjacent to an activating group) is 1. The number of hydrogen-bond acceptors (Lipinski definition) is 3. The lowest BCUT2D eigenvalue weighted by molar-refractivity contribution is -0.133. The minimum absolute atomic E-state index is 0.108. The summed E-state index contributed by atoms with van der Waals surface area (Å²) in [5.74, 6) is 0.0134. The van der Waals surface area contributed by atoms with Gasteiger partial charge in [-0.25, -0.2) is 4.39 Å². The van der Waals surface area contributed by atoms with Crippen molar-refractivity contribution >= 4 is 12.2 Å². The molecule has 120 valence electrons. The zero-order chi connectivity index (χ0) is 16.7. The van der Waals surface area contributed by atoms with Gasteiger partial charge in [0.05, 0.1) is 0 Å². The summed E-state index contributed by atoms with van der Waals surface area (Å²) < 4.78 is 18.6. The van der Waals surface area contributed by atoms with E-state index in [9.17, 15) is 14.0 Å². The lowest BCUT2D eigenvalue weighted by atomic mass is 10.2. The van der Waals surface area contributed by atoms with Gasteiger partial charge < -0.3 is 9.64 Å². The summed E-state index contributed by atoms with van der Waals surface area (Å²) in [5, 5.41) is 0. The second-order valence-corrected chi connectivity index (χ2v) is 5.01. The average molecular weight is 315 g/mol. The molecular formula is C18H18FNO3. The molecule has 0 spiro atoms. The highest BCUT2D eigenvalue weighted by atomic mass is 19.1. The van der Waals surface area contributed by atoms with Gasteiger partial charge in [0.1, 0.15) is 17.9 Å². The Labute approximate surface area is 134 Å². The number of amides is 1. The molecule has 0 N–H and O–H groups in total. The van der Waals surface area contributed by atoms with Gasteiger partial charge in [0.25, 0.3) is 5.91 Å². The topological polar surface area (TPSA) is 46.6 Å². The van der Waals surface area contributed by atoms with E-state index in [1.54, 1.807) is 41.3 Å². The van der Waals surface area contributed by atoms with Gasteiger partial charge in [-0.05, 0) is 48.9 Å². The molecule has 2 aromatic carbocycles. The normalized spacial score (nSPS) is 10.2. The van der Waals surface area contributed by atoms with Gasteiger partial charge in [-0.2, -0.15) is 0 Å². The lowest BCUT2D eigenvalue weighted by Gasteiger charge is -2.21. The van der Waals surface area contributed by atoms with Crippen molar-refractivity contribution in [2.45, 2.75) is 13.5 Å². The Morgan fingerprint density at radius 1 is 1.22 bits per heavy atom. The molecular weight excluding hydrogens is 297 g/mol. The second-order valence-electron chi connectivity index (χ2n) is 5.01. The summed E-state index contributed by atoms with van der Waals surface area (Å²) in [6, 6.07) is 12.7. The minimum atomic E-state index is -0.322. The van der Waals surface area contributed by atoms with Crippen molar-refractivity contribution in [3.8, 4) is 5.75 Å². The van der Waals surface area contributed by atoms with Crippen LogP contribution in [0.25, 0.3) is 0 Å². The van der Waals surface area contributed by atoms with Crippen LogP contribution < -0.4 is 4.74 Å². The summed E-state index contributed by atoms with van der Waals surface area (Å²) >= 11 is 0. The Kier molecular flexibility index (Phi) is 5.86. The van der Waals surface area contributed by atoms with Crippen LogP contribution in [0.4, 0.5) is 4.39 Å². The average Bonchev–Trinajstić information content (AvgIpc) is 2.58. The van der Waals surface area contributed by atoms with E-state index in [2.05, 4.69) is 0 Å². The third-order valence-corrected chi connectivity index (χ3v) is 3.38. The minimum Gasteiger partial charge on any atom is -0.484 e. The van der Waals surface area contributed by atoms with Crippen molar-refractivity contribution in [3.63, 3.8) is 0 Å². The van der Waals surface area contributed by atoms with Crippen molar-refractivity contribution < 1.29 is 18.7 Å². The number of benzene rings is 2. The molecule has 1 amide bonds.